The van der Waals surface area contributed by atoms with Gasteiger partial charge in [0, 0.05) is 0 Å². The van der Waals surface area contributed by atoms with E-state index in [1.807, 2.05) is 0 Å². The van der Waals surface area contributed by atoms with Crippen LogP contribution in [0.1, 0.15) is 6.92 Å². The second kappa shape index (κ2) is 3.25. The summed E-state index contributed by atoms with van der Waals surface area (Å²) in [6.07, 6.45) is -5.18. The molecule has 0 aromatic carbocycles. The van der Waals surface area contributed by atoms with Crippen molar-refractivity contribution in [1.82, 2.24) is 0 Å². The van der Waals surface area contributed by atoms with E-state index < -0.39 is 28.4 Å². The van der Waals surface area contributed by atoms with Crippen molar-refractivity contribution in [1.29, 1.82) is 0 Å². The van der Waals surface area contributed by atoms with E-state index in [1.54, 1.807) is 0 Å². The molecule has 0 radical (unpaired) electrons. The maximum absolute atomic E-state index is 12.2. The average molecular weight is 212 g/mol. The van der Waals surface area contributed by atoms with Crippen molar-refractivity contribution in [3.8, 4) is 0 Å². The third kappa shape index (κ3) is 2.37. The largest absolute Gasteiger partial charge is 0.398 e. The predicted octanol–water partition coefficient (Wildman–Crippen LogP) is 2.00. The summed E-state index contributed by atoms with van der Waals surface area (Å²) in [5.41, 5.74) is 0. The van der Waals surface area contributed by atoms with Gasteiger partial charge in [0.15, 0.2) is 0 Å². The van der Waals surface area contributed by atoms with Crippen LogP contribution in [0.4, 0.5) is 22.0 Å². The van der Waals surface area contributed by atoms with Crippen LogP contribution >= 0.6 is 0 Å². The van der Waals surface area contributed by atoms with Crippen LogP contribution < -0.4 is 0 Å². The lowest BCUT2D eigenvalue weighted by Crippen LogP contribution is -2.40. The van der Waals surface area contributed by atoms with Crippen molar-refractivity contribution in [3.05, 3.63) is 0 Å². The highest BCUT2D eigenvalue weighted by Gasteiger charge is 2.56. The third-order valence-corrected chi connectivity index (χ3v) is 2.05. The molecular weight excluding hydrogens is 207 g/mol. The van der Waals surface area contributed by atoms with Crippen LogP contribution in [0.25, 0.3) is 0 Å². The molecule has 0 aliphatic rings. The number of halogens is 5. The lowest BCUT2D eigenvalue weighted by molar-refractivity contribution is -0.211. The Hall–Kier alpha value is -0.240. The third-order valence-electron chi connectivity index (χ3n) is 1.23. The Morgan fingerprint density at radius 1 is 1.25 bits per heavy atom. The minimum atomic E-state index is -5.18. The second-order valence-corrected chi connectivity index (χ2v) is 3.12. The molecule has 0 aromatic heterocycles. The van der Waals surface area contributed by atoms with E-state index in [-0.39, 0.29) is 6.92 Å². The molecule has 1 N–H and O–H groups in total. The fraction of sp³-hybridized carbons (Fsp3) is 1.00. The smallest absolute Gasteiger partial charge is 0.301 e. The van der Waals surface area contributed by atoms with E-state index in [1.165, 1.54) is 0 Å². The molecule has 12 heavy (non-hydrogen) atoms. The number of alkyl halides is 5. The van der Waals surface area contributed by atoms with Gasteiger partial charge in [-0.3, -0.25) is 0 Å². The highest BCUT2D eigenvalue weighted by molar-refractivity contribution is 7.80. The molecule has 74 valence electrons. The summed E-state index contributed by atoms with van der Waals surface area (Å²) < 4.78 is 76.7. The summed E-state index contributed by atoms with van der Waals surface area (Å²) in [6.45, 7) is 0.147. The van der Waals surface area contributed by atoms with E-state index in [0.29, 0.717) is 0 Å². The maximum Gasteiger partial charge on any atom is 0.398 e. The molecule has 0 fully saturated rings. The molecule has 2 nitrogen and oxygen atoms in total. The normalized spacial score (nSPS) is 18.9. The van der Waals surface area contributed by atoms with Gasteiger partial charge < -0.3 is 4.55 Å². The van der Waals surface area contributed by atoms with E-state index in [9.17, 15) is 26.2 Å². The fourth-order valence-corrected chi connectivity index (χ4v) is 0.778. The molecule has 0 amide bonds. The van der Waals surface area contributed by atoms with Crippen LogP contribution in [-0.4, -0.2) is 20.2 Å². The van der Waals surface area contributed by atoms with Crippen molar-refractivity contribution in [2.24, 2.45) is 5.92 Å². The first kappa shape index (κ1) is 11.8. The minimum Gasteiger partial charge on any atom is -0.301 e. The molecule has 0 aliphatic carbocycles. The van der Waals surface area contributed by atoms with Gasteiger partial charge >= 0.3 is 11.4 Å². The molecule has 0 aliphatic heterocycles. The van der Waals surface area contributed by atoms with Crippen LogP contribution in [0.5, 0.6) is 0 Å². The first-order valence-corrected chi connectivity index (χ1v) is 3.76. The minimum absolute atomic E-state index is 0.147. The number of hydrogen-bond donors (Lipinski definition) is 1. The highest BCUT2D eigenvalue weighted by atomic mass is 32.2. The van der Waals surface area contributed by atoms with Crippen LogP contribution in [0.2, 0.25) is 0 Å². The zero-order chi connectivity index (χ0) is 10.2. The molecule has 2 atom stereocenters. The molecular formula is C4H5F5O2S. The molecule has 0 saturated heterocycles. The monoisotopic (exact) mass is 212 g/mol. The molecule has 0 aromatic rings. The highest BCUT2D eigenvalue weighted by Crippen LogP contribution is 2.39. The van der Waals surface area contributed by atoms with Crippen molar-refractivity contribution in [2.45, 2.75) is 18.4 Å². The second-order valence-electron chi connectivity index (χ2n) is 2.07. The molecule has 0 heterocycles. The summed E-state index contributed by atoms with van der Waals surface area (Å²) >= 11 is -3.81. The Morgan fingerprint density at radius 3 is 1.67 bits per heavy atom. The number of hydrogen-bond acceptors (Lipinski definition) is 1. The Labute approximate surface area is 67.0 Å². The predicted molar refractivity (Wildman–Crippen MR) is 30.9 cm³/mol. The van der Waals surface area contributed by atoms with Gasteiger partial charge in [0.2, 0.25) is 11.1 Å². The van der Waals surface area contributed by atoms with Crippen LogP contribution in [0.3, 0.4) is 0 Å². The molecule has 8 heteroatoms. The molecule has 0 saturated carbocycles. The number of rotatable bonds is 2. The van der Waals surface area contributed by atoms with Gasteiger partial charge in [0.1, 0.15) is 5.92 Å². The standard InChI is InChI=1S/C4H5F5O2S/c1-2(3(5,6)7)4(8,9)12(10)11/h2H,1H3,(H,10,11). The van der Waals surface area contributed by atoms with Gasteiger partial charge in [-0.05, 0) is 6.92 Å². The first-order chi connectivity index (χ1) is 5.10. The van der Waals surface area contributed by atoms with Gasteiger partial charge in [0.25, 0.3) is 0 Å². The Kier molecular flexibility index (Phi) is 3.18. The van der Waals surface area contributed by atoms with E-state index in [4.69, 9.17) is 4.55 Å². The zero-order valence-corrected chi connectivity index (χ0v) is 6.55. The van der Waals surface area contributed by atoms with Crippen LogP contribution in [0, 0.1) is 5.92 Å². The van der Waals surface area contributed by atoms with Gasteiger partial charge in [-0.25, -0.2) is 4.21 Å². The quantitative estimate of drug-likeness (QED) is 0.561. The molecule has 0 rings (SSSR count). The maximum atomic E-state index is 12.2. The zero-order valence-electron chi connectivity index (χ0n) is 5.73. The van der Waals surface area contributed by atoms with Crippen LogP contribution in [-0.2, 0) is 11.1 Å². The molecule has 0 spiro atoms. The molecule has 0 bridgehead atoms. The van der Waals surface area contributed by atoms with Gasteiger partial charge in [0.05, 0.1) is 0 Å². The van der Waals surface area contributed by atoms with E-state index in [0.717, 1.165) is 0 Å². The Balaban J connectivity index is 4.69. The van der Waals surface area contributed by atoms with Gasteiger partial charge in [-0.1, -0.05) is 0 Å². The summed E-state index contributed by atoms with van der Waals surface area (Å²) in [4.78, 5) is 0. The fourth-order valence-electron chi connectivity index (χ4n) is 0.342. The first-order valence-electron chi connectivity index (χ1n) is 2.65. The van der Waals surface area contributed by atoms with E-state index in [2.05, 4.69) is 0 Å². The summed E-state index contributed by atoms with van der Waals surface area (Å²) in [7, 11) is 0. The lowest BCUT2D eigenvalue weighted by atomic mass is 10.2. The summed E-state index contributed by atoms with van der Waals surface area (Å²) in [6, 6.07) is 0. The lowest BCUT2D eigenvalue weighted by Gasteiger charge is -2.21. The Morgan fingerprint density at radius 2 is 1.58 bits per heavy atom. The SMILES string of the molecule is CC(C(F)(F)F)C(F)(F)S(=O)O. The van der Waals surface area contributed by atoms with Gasteiger partial charge in [-0.2, -0.15) is 22.0 Å². The topological polar surface area (TPSA) is 37.3 Å². The Bertz CT molecular complexity index is 188. The van der Waals surface area contributed by atoms with Crippen molar-refractivity contribution in [3.63, 3.8) is 0 Å². The summed E-state index contributed by atoms with van der Waals surface area (Å²) in [5, 5.41) is -4.65. The average Bonchev–Trinajstić information content (AvgIpc) is 1.83. The summed E-state index contributed by atoms with van der Waals surface area (Å²) in [5.74, 6) is -3.13. The van der Waals surface area contributed by atoms with Gasteiger partial charge in [-0.15, -0.1) is 0 Å². The van der Waals surface area contributed by atoms with Crippen molar-refractivity contribution in [2.75, 3.05) is 0 Å². The van der Waals surface area contributed by atoms with E-state index >= 15 is 0 Å². The molecule has 2 unspecified atom stereocenters. The van der Waals surface area contributed by atoms with Crippen molar-refractivity contribution < 1.29 is 30.7 Å². The van der Waals surface area contributed by atoms with Crippen molar-refractivity contribution >= 4 is 11.1 Å². The van der Waals surface area contributed by atoms with Crippen LogP contribution in [0.15, 0.2) is 0 Å².